The number of aryl methyl sites for hydroxylation is 1. The number of hydrogen-bond acceptors (Lipinski definition) is 5. The largest absolute Gasteiger partial charge is 0.496 e. The minimum absolute atomic E-state index is 0.0110. The minimum Gasteiger partial charge on any atom is -0.496 e. The first-order chi connectivity index (χ1) is 15.5. The van der Waals surface area contributed by atoms with Crippen molar-refractivity contribution in [2.75, 3.05) is 27.4 Å². The number of nitrogens with one attached hydrogen (secondary N) is 1. The first-order valence-electron chi connectivity index (χ1n) is 11.2. The second kappa shape index (κ2) is 8.26. The Labute approximate surface area is 188 Å². The quantitative estimate of drug-likeness (QED) is 0.586. The maximum Gasteiger partial charge on any atom is 0.337 e. The number of fused-ring (bicyclic) bond motifs is 1. The van der Waals surface area contributed by atoms with E-state index in [1.807, 2.05) is 18.3 Å². The topological polar surface area (TPSA) is 63.8 Å². The Balaban J connectivity index is 1.50. The Morgan fingerprint density at radius 1 is 1.22 bits per heavy atom. The lowest BCUT2D eigenvalue weighted by molar-refractivity contribution is -0.185. The molecule has 6 heteroatoms. The maximum absolute atomic E-state index is 11.9. The molecule has 3 heterocycles. The smallest absolute Gasteiger partial charge is 0.337 e. The minimum atomic E-state index is -0.310. The van der Waals surface area contributed by atoms with Crippen LogP contribution in [0.1, 0.15) is 52.4 Å². The van der Waals surface area contributed by atoms with Gasteiger partial charge in [-0.05, 0) is 61.6 Å². The van der Waals surface area contributed by atoms with E-state index in [2.05, 4.69) is 41.1 Å². The van der Waals surface area contributed by atoms with Crippen LogP contribution in [0.15, 0.2) is 42.6 Å². The number of ether oxygens (including phenoxy) is 3. The fourth-order valence-corrected chi connectivity index (χ4v) is 5.30. The summed E-state index contributed by atoms with van der Waals surface area (Å²) in [7, 11) is 3.15. The van der Waals surface area contributed by atoms with E-state index >= 15 is 0 Å². The molecule has 2 atom stereocenters. The van der Waals surface area contributed by atoms with Crippen LogP contribution in [-0.4, -0.2) is 48.8 Å². The van der Waals surface area contributed by atoms with Crippen molar-refractivity contribution in [3.05, 3.63) is 64.8 Å². The summed E-state index contributed by atoms with van der Waals surface area (Å²) in [6, 6.07) is 12.3. The monoisotopic (exact) mass is 434 g/mol. The molecule has 3 aromatic rings. The summed E-state index contributed by atoms with van der Waals surface area (Å²) in [5.41, 5.74) is 5.31. The molecule has 32 heavy (non-hydrogen) atoms. The number of carbonyl (C=O) groups excluding carboxylic acids is 1. The van der Waals surface area contributed by atoms with E-state index in [0.29, 0.717) is 5.56 Å². The summed E-state index contributed by atoms with van der Waals surface area (Å²) < 4.78 is 16.7. The van der Waals surface area contributed by atoms with Gasteiger partial charge in [-0.1, -0.05) is 12.1 Å². The lowest BCUT2D eigenvalue weighted by Gasteiger charge is -2.51. The second-order valence-electron chi connectivity index (χ2n) is 8.98. The van der Waals surface area contributed by atoms with Crippen LogP contribution in [0.2, 0.25) is 0 Å². The van der Waals surface area contributed by atoms with Gasteiger partial charge < -0.3 is 19.2 Å². The van der Waals surface area contributed by atoms with Crippen molar-refractivity contribution in [3.63, 3.8) is 0 Å². The van der Waals surface area contributed by atoms with Crippen molar-refractivity contribution in [3.8, 4) is 5.75 Å². The number of benzene rings is 2. The molecule has 2 saturated heterocycles. The fourth-order valence-electron chi connectivity index (χ4n) is 5.30. The highest BCUT2D eigenvalue weighted by Crippen LogP contribution is 2.46. The molecule has 0 aliphatic carbocycles. The number of aromatic amines is 1. The number of nitrogens with zero attached hydrogens (tertiary/aromatic N) is 1. The molecule has 2 aliphatic rings. The number of carbonyl (C=O) groups is 1. The van der Waals surface area contributed by atoms with E-state index in [-0.39, 0.29) is 17.6 Å². The Morgan fingerprint density at radius 2 is 2.00 bits per heavy atom. The van der Waals surface area contributed by atoms with Crippen molar-refractivity contribution in [2.45, 2.75) is 44.4 Å². The number of piperidine rings is 1. The average Bonchev–Trinajstić information content (AvgIpc) is 3.30. The van der Waals surface area contributed by atoms with E-state index < -0.39 is 0 Å². The summed E-state index contributed by atoms with van der Waals surface area (Å²) in [6.07, 6.45) is 5.10. The van der Waals surface area contributed by atoms with Gasteiger partial charge in [0.2, 0.25) is 0 Å². The number of rotatable bonds is 5. The molecule has 0 amide bonds. The fraction of sp³-hybridized carbons (Fsp3) is 0.423. The Morgan fingerprint density at radius 3 is 2.66 bits per heavy atom. The Kier molecular flexibility index (Phi) is 5.43. The van der Waals surface area contributed by atoms with Gasteiger partial charge in [-0.15, -0.1) is 0 Å². The third kappa shape index (κ3) is 3.57. The van der Waals surface area contributed by atoms with E-state index in [9.17, 15) is 4.79 Å². The van der Waals surface area contributed by atoms with Gasteiger partial charge in [0.1, 0.15) is 5.75 Å². The van der Waals surface area contributed by atoms with Crippen molar-refractivity contribution in [1.29, 1.82) is 0 Å². The molecule has 2 unspecified atom stereocenters. The molecule has 2 aromatic carbocycles. The van der Waals surface area contributed by atoms with Crippen molar-refractivity contribution >= 4 is 16.9 Å². The van der Waals surface area contributed by atoms with Gasteiger partial charge >= 0.3 is 5.97 Å². The van der Waals surface area contributed by atoms with Crippen molar-refractivity contribution < 1.29 is 19.0 Å². The van der Waals surface area contributed by atoms with E-state index in [1.54, 1.807) is 7.11 Å². The normalized spacial score (nSPS) is 23.3. The molecule has 1 aromatic heterocycles. The number of hydrogen-bond donors (Lipinski definition) is 1. The third-order valence-corrected chi connectivity index (χ3v) is 7.24. The molecule has 0 radical (unpaired) electrons. The van der Waals surface area contributed by atoms with Crippen LogP contribution in [-0.2, 0) is 16.0 Å². The zero-order valence-corrected chi connectivity index (χ0v) is 18.9. The highest BCUT2D eigenvalue weighted by Gasteiger charge is 2.45. The molecular weight excluding hydrogens is 404 g/mol. The molecule has 2 aliphatic heterocycles. The molecule has 2 fully saturated rings. The molecule has 0 saturated carbocycles. The van der Waals surface area contributed by atoms with Crippen LogP contribution in [0.4, 0.5) is 0 Å². The lowest BCUT2D eigenvalue weighted by Crippen LogP contribution is -2.53. The Bertz CT molecular complexity index is 1130. The highest BCUT2D eigenvalue weighted by molar-refractivity contribution is 5.89. The molecular formula is C26H30N2O4. The number of esters is 1. The standard InChI is InChI=1S/C26H30N2O4/c1-17-14-23(30-2)21(20-8-11-27-24(17)20)16-28-12-9-26(10-13-32-26)15-22(28)18-4-6-19(7-5-18)25(29)31-3/h4-8,11,14,22,27H,9-10,12-13,15-16H2,1-3H3. The van der Waals surface area contributed by atoms with Crippen LogP contribution in [0.25, 0.3) is 10.9 Å². The van der Waals surface area contributed by atoms with Crippen LogP contribution in [0.3, 0.4) is 0 Å². The number of likely N-dealkylation sites (tertiary alicyclic amines) is 1. The molecule has 1 spiro atoms. The zero-order chi connectivity index (χ0) is 22.3. The summed E-state index contributed by atoms with van der Waals surface area (Å²) >= 11 is 0. The van der Waals surface area contributed by atoms with E-state index in [1.165, 1.54) is 29.2 Å². The summed E-state index contributed by atoms with van der Waals surface area (Å²) in [5, 5.41) is 1.21. The van der Waals surface area contributed by atoms with Crippen molar-refractivity contribution in [1.82, 2.24) is 9.88 Å². The first kappa shape index (κ1) is 21.0. The van der Waals surface area contributed by atoms with Gasteiger partial charge in [-0.3, -0.25) is 4.90 Å². The molecule has 5 rings (SSSR count). The molecule has 6 nitrogen and oxygen atoms in total. The maximum atomic E-state index is 11.9. The van der Waals surface area contributed by atoms with Crippen LogP contribution < -0.4 is 4.74 Å². The second-order valence-corrected chi connectivity index (χ2v) is 8.98. The summed E-state index contributed by atoms with van der Waals surface area (Å²) in [6.45, 7) is 4.70. The molecule has 168 valence electrons. The predicted molar refractivity (Wildman–Crippen MR) is 123 cm³/mol. The predicted octanol–water partition coefficient (Wildman–Crippen LogP) is 4.77. The van der Waals surface area contributed by atoms with Gasteiger partial charge in [-0.2, -0.15) is 0 Å². The van der Waals surface area contributed by atoms with E-state index in [4.69, 9.17) is 14.2 Å². The van der Waals surface area contributed by atoms with Gasteiger partial charge in [0.25, 0.3) is 0 Å². The number of H-pyrrole nitrogens is 1. The van der Waals surface area contributed by atoms with Crippen LogP contribution in [0, 0.1) is 6.92 Å². The Hall–Kier alpha value is -2.83. The van der Waals surface area contributed by atoms with Crippen LogP contribution in [0.5, 0.6) is 5.75 Å². The average molecular weight is 435 g/mol. The third-order valence-electron chi connectivity index (χ3n) is 7.24. The number of methoxy groups -OCH3 is 2. The zero-order valence-electron chi connectivity index (χ0n) is 18.9. The summed E-state index contributed by atoms with van der Waals surface area (Å²) in [4.78, 5) is 17.8. The first-order valence-corrected chi connectivity index (χ1v) is 11.2. The SMILES string of the molecule is COC(=O)c1ccc(C2CC3(CCO3)CCN2Cc2c(OC)cc(C)c3[nH]ccc23)cc1. The van der Waals surface area contributed by atoms with E-state index in [0.717, 1.165) is 50.2 Å². The van der Waals surface area contributed by atoms with Gasteiger partial charge in [0, 0.05) is 41.8 Å². The number of aromatic nitrogens is 1. The lowest BCUT2D eigenvalue weighted by atomic mass is 9.78. The van der Waals surface area contributed by atoms with Gasteiger partial charge in [-0.25, -0.2) is 4.79 Å². The van der Waals surface area contributed by atoms with Crippen molar-refractivity contribution in [2.24, 2.45) is 0 Å². The van der Waals surface area contributed by atoms with Crippen LogP contribution >= 0.6 is 0 Å². The van der Waals surface area contributed by atoms with Gasteiger partial charge in [0.05, 0.1) is 32.0 Å². The van der Waals surface area contributed by atoms with Gasteiger partial charge in [0.15, 0.2) is 0 Å². The molecule has 0 bridgehead atoms. The molecule has 1 N–H and O–H groups in total. The summed E-state index contributed by atoms with van der Waals surface area (Å²) in [5.74, 6) is 0.615. The highest BCUT2D eigenvalue weighted by atomic mass is 16.5.